The number of aldehydes is 1. The summed E-state index contributed by atoms with van der Waals surface area (Å²) in [6.45, 7) is 0. The molecule has 2 heterocycles. The molecule has 82 valence electrons. The van der Waals surface area contributed by atoms with Crippen molar-refractivity contribution in [3.05, 3.63) is 24.0 Å². The molecule has 15 heavy (non-hydrogen) atoms. The molecule has 1 aromatic rings. The van der Waals surface area contributed by atoms with Gasteiger partial charge in [-0.2, -0.15) is 0 Å². The highest BCUT2D eigenvalue weighted by Gasteiger charge is 2.26. The van der Waals surface area contributed by atoms with E-state index in [0.29, 0.717) is 12.1 Å². The minimum Gasteiger partial charge on any atom is -0.341 e. The predicted molar refractivity (Wildman–Crippen MR) is 56.7 cm³/mol. The molecule has 5 heteroatoms. The molecule has 0 saturated carbocycles. The molecule has 1 aromatic heterocycles. The fourth-order valence-electron chi connectivity index (χ4n) is 2.06. The Morgan fingerprint density at radius 3 is 2.93 bits per heavy atom. The molecule has 1 saturated heterocycles. The molecule has 0 bridgehead atoms. The Kier molecular flexibility index (Phi) is 2.65. The van der Waals surface area contributed by atoms with Gasteiger partial charge < -0.3 is 4.57 Å². The third-order valence-corrected chi connectivity index (χ3v) is 4.57. The molecule has 0 spiro atoms. The molecule has 1 aliphatic rings. The van der Waals surface area contributed by atoms with Gasteiger partial charge >= 0.3 is 0 Å². The van der Waals surface area contributed by atoms with E-state index >= 15 is 0 Å². The average Bonchev–Trinajstić information content (AvgIpc) is 2.63. The predicted octanol–water partition coefficient (Wildman–Crippen LogP) is 1.05. The first-order valence-corrected chi connectivity index (χ1v) is 6.77. The molecule has 0 N–H and O–H groups in total. The SMILES string of the molecule is O=Cc1cccn1C1CCCS(=O)(=O)C1. The van der Waals surface area contributed by atoms with Crippen molar-refractivity contribution in [2.45, 2.75) is 18.9 Å². The highest BCUT2D eigenvalue weighted by atomic mass is 32.2. The van der Waals surface area contributed by atoms with Crippen LogP contribution in [0.1, 0.15) is 29.4 Å². The summed E-state index contributed by atoms with van der Waals surface area (Å²) in [4.78, 5) is 10.7. The lowest BCUT2D eigenvalue weighted by atomic mass is 10.2. The second kappa shape index (κ2) is 3.81. The summed E-state index contributed by atoms with van der Waals surface area (Å²) >= 11 is 0. The molecule has 0 aromatic carbocycles. The van der Waals surface area contributed by atoms with Gasteiger partial charge in [0.1, 0.15) is 0 Å². The molecule has 4 nitrogen and oxygen atoms in total. The number of hydrogen-bond donors (Lipinski definition) is 0. The van der Waals surface area contributed by atoms with Gasteiger partial charge in [0.05, 0.1) is 17.2 Å². The molecular formula is C10H13NO3S. The number of carbonyl (C=O) groups excluding carboxylic acids is 1. The topological polar surface area (TPSA) is 56.1 Å². The first-order valence-electron chi connectivity index (χ1n) is 4.95. The van der Waals surface area contributed by atoms with Crippen LogP contribution in [0.4, 0.5) is 0 Å². The molecule has 1 unspecified atom stereocenters. The standard InChI is InChI=1S/C10H13NO3S/c12-7-9-3-1-5-11(9)10-4-2-6-15(13,14)8-10/h1,3,5,7,10H,2,4,6,8H2. The molecule has 1 atom stereocenters. The Hall–Kier alpha value is -1.10. The van der Waals surface area contributed by atoms with Crippen molar-refractivity contribution in [2.24, 2.45) is 0 Å². The van der Waals surface area contributed by atoms with E-state index in [9.17, 15) is 13.2 Å². The number of nitrogens with zero attached hydrogens (tertiary/aromatic N) is 1. The summed E-state index contributed by atoms with van der Waals surface area (Å²) in [5.41, 5.74) is 0.553. The van der Waals surface area contributed by atoms with Crippen molar-refractivity contribution in [3.63, 3.8) is 0 Å². The van der Waals surface area contributed by atoms with Gasteiger partial charge in [0.15, 0.2) is 16.1 Å². The van der Waals surface area contributed by atoms with Gasteiger partial charge in [-0.25, -0.2) is 8.42 Å². The minimum absolute atomic E-state index is 0.0704. The number of aromatic nitrogens is 1. The van der Waals surface area contributed by atoms with E-state index in [-0.39, 0.29) is 17.5 Å². The lowest BCUT2D eigenvalue weighted by Crippen LogP contribution is -2.27. The van der Waals surface area contributed by atoms with E-state index in [1.807, 2.05) is 0 Å². The van der Waals surface area contributed by atoms with Crippen molar-refractivity contribution in [1.29, 1.82) is 0 Å². The van der Waals surface area contributed by atoms with Crippen LogP contribution in [0.2, 0.25) is 0 Å². The van der Waals surface area contributed by atoms with Gasteiger partial charge in [0.25, 0.3) is 0 Å². The molecule has 1 fully saturated rings. The summed E-state index contributed by atoms with van der Waals surface area (Å²) < 4.78 is 24.7. The fourth-order valence-corrected chi connectivity index (χ4v) is 3.74. The summed E-state index contributed by atoms with van der Waals surface area (Å²) in [5, 5.41) is 0. The van der Waals surface area contributed by atoms with E-state index < -0.39 is 9.84 Å². The van der Waals surface area contributed by atoms with E-state index in [2.05, 4.69) is 0 Å². The van der Waals surface area contributed by atoms with Crippen LogP contribution in [0, 0.1) is 0 Å². The smallest absolute Gasteiger partial charge is 0.166 e. The summed E-state index contributed by atoms with van der Waals surface area (Å²) in [6, 6.07) is 3.40. The number of sulfone groups is 1. The summed E-state index contributed by atoms with van der Waals surface area (Å²) in [5.74, 6) is 0.434. The summed E-state index contributed by atoms with van der Waals surface area (Å²) in [7, 11) is -2.92. The Balaban J connectivity index is 2.28. The van der Waals surface area contributed by atoms with E-state index in [4.69, 9.17) is 0 Å². The number of rotatable bonds is 2. The Labute approximate surface area is 88.8 Å². The third-order valence-electron chi connectivity index (χ3n) is 2.76. The number of hydrogen-bond acceptors (Lipinski definition) is 3. The maximum atomic E-state index is 11.5. The molecular weight excluding hydrogens is 214 g/mol. The summed E-state index contributed by atoms with van der Waals surface area (Å²) in [6.07, 6.45) is 4.05. The molecule has 0 amide bonds. The molecule has 0 radical (unpaired) electrons. The second-order valence-electron chi connectivity index (χ2n) is 3.87. The van der Waals surface area contributed by atoms with Gasteiger partial charge in [-0.3, -0.25) is 4.79 Å². The Morgan fingerprint density at radius 2 is 2.27 bits per heavy atom. The normalized spacial score (nSPS) is 24.9. The van der Waals surface area contributed by atoms with Crippen LogP contribution in [-0.4, -0.2) is 30.8 Å². The molecule has 1 aliphatic heterocycles. The van der Waals surface area contributed by atoms with Gasteiger partial charge in [0.2, 0.25) is 0 Å². The zero-order valence-electron chi connectivity index (χ0n) is 8.30. The lowest BCUT2D eigenvalue weighted by Gasteiger charge is -2.24. The third kappa shape index (κ3) is 2.12. The second-order valence-corrected chi connectivity index (χ2v) is 6.10. The van der Waals surface area contributed by atoms with Crippen LogP contribution in [0.25, 0.3) is 0 Å². The van der Waals surface area contributed by atoms with Crippen LogP contribution in [0.3, 0.4) is 0 Å². The zero-order valence-corrected chi connectivity index (χ0v) is 9.11. The highest BCUT2D eigenvalue weighted by Crippen LogP contribution is 2.24. The largest absolute Gasteiger partial charge is 0.341 e. The van der Waals surface area contributed by atoms with Crippen molar-refractivity contribution < 1.29 is 13.2 Å². The van der Waals surface area contributed by atoms with Crippen molar-refractivity contribution in [2.75, 3.05) is 11.5 Å². The van der Waals surface area contributed by atoms with E-state index in [1.54, 1.807) is 22.9 Å². The zero-order chi connectivity index (χ0) is 10.9. The maximum Gasteiger partial charge on any atom is 0.166 e. The first kappa shape index (κ1) is 10.4. The van der Waals surface area contributed by atoms with Gasteiger partial charge in [-0.05, 0) is 25.0 Å². The van der Waals surface area contributed by atoms with Gasteiger partial charge in [-0.1, -0.05) is 0 Å². The monoisotopic (exact) mass is 227 g/mol. The van der Waals surface area contributed by atoms with Crippen molar-refractivity contribution in [1.82, 2.24) is 4.57 Å². The van der Waals surface area contributed by atoms with Crippen LogP contribution in [-0.2, 0) is 9.84 Å². The average molecular weight is 227 g/mol. The molecule has 0 aliphatic carbocycles. The van der Waals surface area contributed by atoms with Crippen LogP contribution in [0.15, 0.2) is 18.3 Å². The van der Waals surface area contributed by atoms with Crippen molar-refractivity contribution >= 4 is 16.1 Å². The highest BCUT2D eigenvalue weighted by molar-refractivity contribution is 7.91. The minimum atomic E-state index is -2.92. The first-order chi connectivity index (χ1) is 7.12. The van der Waals surface area contributed by atoms with Gasteiger partial charge in [0, 0.05) is 12.2 Å². The van der Waals surface area contributed by atoms with Crippen molar-refractivity contribution in [3.8, 4) is 0 Å². The fraction of sp³-hybridized carbons (Fsp3) is 0.500. The molecule has 2 rings (SSSR count). The van der Waals surface area contributed by atoms with Crippen LogP contribution in [0.5, 0.6) is 0 Å². The van der Waals surface area contributed by atoms with E-state index in [0.717, 1.165) is 12.7 Å². The Bertz CT molecular complexity index is 461. The quantitative estimate of drug-likeness (QED) is 0.710. The number of carbonyl (C=O) groups is 1. The maximum absolute atomic E-state index is 11.5. The lowest BCUT2D eigenvalue weighted by molar-refractivity contribution is 0.111. The van der Waals surface area contributed by atoms with E-state index in [1.165, 1.54) is 0 Å². The van der Waals surface area contributed by atoms with Crippen LogP contribution < -0.4 is 0 Å². The van der Waals surface area contributed by atoms with Gasteiger partial charge in [-0.15, -0.1) is 0 Å². The van der Waals surface area contributed by atoms with Crippen LogP contribution >= 0.6 is 0 Å². The Morgan fingerprint density at radius 1 is 1.47 bits per heavy atom.